The molecule has 0 saturated heterocycles. The second-order valence-corrected chi connectivity index (χ2v) is 6.79. The maximum Gasteiger partial charge on any atom is 0.221 e. The van der Waals surface area contributed by atoms with Crippen LogP contribution in [-0.4, -0.2) is 39.0 Å². The van der Waals surface area contributed by atoms with Gasteiger partial charge in [0.15, 0.2) is 5.65 Å². The Morgan fingerprint density at radius 3 is 2.62 bits per heavy atom. The predicted octanol–water partition coefficient (Wildman–Crippen LogP) is 2.01. The van der Waals surface area contributed by atoms with Crippen molar-refractivity contribution in [2.75, 3.05) is 6.54 Å². The van der Waals surface area contributed by atoms with E-state index in [1.165, 1.54) is 0 Å². The standard InChI is InChI=1S/C19H29N5O2/c1-6-12(2)21-19(26)9-10-20-18(25)8-7-16-14(4)22-17-11-13(3)23-24(17)15(16)5/h11-12H,6-10H2,1-5H3,(H,20,25)(H,21,26)/t12-/m0/s1. The fourth-order valence-electron chi connectivity index (χ4n) is 2.89. The summed E-state index contributed by atoms with van der Waals surface area (Å²) in [5.41, 5.74) is 4.74. The number of carbonyl (C=O) groups is 2. The largest absolute Gasteiger partial charge is 0.356 e. The molecule has 2 N–H and O–H groups in total. The summed E-state index contributed by atoms with van der Waals surface area (Å²) in [4.78, 5) is 28.4. The molecule has 0 aliphatic rings. The normalized spacial score (nSPS) is 12.2. The van der Waals surface area contributed by atoms with Crippen LogP contribution in [0.1, 0.15) is 55.8 Å². The Bertz CT molecular complexity index is 797. The number of nitrogens with one attached hydrogen (secondary N) is 2. The number of aromatic nitrogens is 3. The first kappa shape index (κ1) is 19.9. The first-order chi connectivity index (χ1) is 12.3. The van der Waals surface area contributed by atoms with E-state index < -0.39 is 0 Å². The van der Waals surface area contributed by atoms with Gasteiger partial charge >= 0.3 is 0 Å². The molecule has 0 aromatic carbocycles. The highest BCUT2D eigenvalue weighted by Gasteiger charge is 2.13. The average molecular weight is 359 g/mol. The second-order valence-electron chi connectivity index (χ2n) is 6.79. The summed E-state index contributed by atoms with van der Waals surface area (Å²) in [7, 11) is 0. The second kappa shape index (κ2) is 8.78. The Labute approximate surface area is 154 Å². The van der Waals surface area contributed by atoms with Gasteiger partial charge in [-0.25, -0.2) is 9.50 Å². The average Bonchev–Trinajstić information content (AvgIpc) is 2.94. The van der Waals surface area contributed by atoms with E-state index in [4.69, 9.17) is 0 Å². The van der Waals surface area contributed by atoms with Crippen molar-refractivity contribution >= 4 is 17.5 Å². The summed E-state index contributed by atoms with van der Waals surface area (Å²) in [6.07, 6.45) is 2.16. The Morgan fingerprint density at radius 1 is 1.19 bits per heavy atom. The molecular formula is C19H29N5O2. The molecule has 2 rings (SSSR count). The van der Waals surface area contributed by atoms with Crippen molar-refractivity contribution < 1.29 is 9.59 Å². The molecule has 0 aliphatic carbocycles. The summed E-state index contributed by atoms with van der Waals surface area (Å²) >= 11 is 0. The molecule has 2 aromatic rings. The fraction of sp³-hybridized carbons (Fsp3) is 0.579. The summed E-state index contributed by atoms with van der Waals surface area (Å²) in [5, 5.41) is 10.1. The van der Waals surface area contributed by atoms with Crippen LogP contribution >= 0.6 is 0 Å². The molecule has 0 bridgehead atoms. The van der Waals surface area contributed by atoms with E-state index in [9.17, 15) is 9.59 Å². The molecule has 0 fully saturated rings. The zero-order chi connectivity index (χ0) is 19.3. The van der Waals surface area contributed by atoms with E-state index >= 15 is 0 Å². The highest BCUT2D eigenvalue weighted by atomic mass is 16.2. The van der Waals surface area contributed by atoms with Crippen LogP contribution in [0.15, 0.2) is 6.07 Å². The van der Waals surface area contributed by atoms with Crippen molar-refractivity contribution in [3.8, 4) is 0 Å². The maximum atomic E-state index is 12.1. The van der Waals surface area contributed by atoms with Gasteiger partial charge in [-0.05, 0) is 46.1 Å². The van der Waals surface area contributed by atoms with Gasteiger partial charge in [-0.3, -0.25) is 9.59 Å². The minimum atomic E-state index is -0.0584. The van der Waals surface area contributed by atoms with E-state index in [-0.39, 0.29) is 17.9 Å². The van der Waals surface area contributed by atoms with Crippen molar-refractivity contribution in [1.82, 2.24) is 25.2 Å². The third kappa shape index (κ3) is 5.03. The number of amides is 2. The lowest BCUT2D eigenvalue weighted by Crippen LogP contribution is -2.35. The van der Waals surface area contributed by atoms with E-state index in [0.29, 0.717) is 25.8 Å². The van der Waals surface area contributed by atoms with E-state index in [1.54, 1.807) is 0 Å². The maximum absolute atomic E-state index is 12.1. The van der Waals surface area contributed by atoms with Gasteiger partial charge in [0.25, 0.3) is 0 Å². The summed E-state index contributed by atoms with van der Waals surface area (Å²) in [6, 6.07) is 2.11. The first-order valence-corrected chi connectivity index (χ1v) is 9.20. The highest BCUT2D eigenvalue weighted by molar-refractivity contribution is 5.79. The molecule has 1 atom stereocenters. The molecule has 2 amide bonds. The molecule has 0 spiro atoms. The number of nitrogens with zero attached hydrogens (tertiary/aromatic N) is 3. The highest BCUT2D eigenvalue weighted by Crippen LogP contribution is 2.16. The molecule has 0 aliphatic heterocycles. The topological polar surface area (TPSA) is 88.4 Å². The number of carbonyl (C=O) groups excluding carboxylic acids is 2. The van der Waals surface area contributed by atoms with Gasteiger partial charge in [-0.1, -0.05) is 6.92 Å². The molecule has 0 radical (unpaired) electrons. The van der Waals surface area contributed by atoms with Gasteiger partial charge in [-0.2, -0.15) is 5.10 Å². The lowest BCUT2D eigenvalue weighted by Gasteiger charge is -2.12. The van der Waals surface area contributed by atoms with Crippen molar-refractivity contribution in [2.24, 2.45) is 0 Å². The predicted molar refractivity (Wildman–Crippen MR) is 101 cm³/mol. The molecule has 2 heterocycles. The van der Waals surface area contributed by atoms with Gasteiger partial charge in [0.05, 0.1) is 5.69 Å². The zero-order valence-corrected chi connectivity index (χ0v) is 16.3. The van der Waals surface area contributed by atoms with Gasteiger partial charge in [-0.15, -0.1) is 0 Å². The Balaban J connectivity index is 1.86. The SMILES string of the molecule is CC[C@H](C)NC(=O)CCNC(=O)CCc1c(C)nc2cc(C)nn2c1C. The Hall–Kier alpha value is -2.44. The van der Waals surface area contributed by atoms with Crippen molar-refractivity contribution in [1.29, 1.82) is 0 Å². The third-order valence-corrected chi connectivity index (χ3v) is 4.58. The summed E-state index contributed by atoms with van der Waals surface area (Å²) in [5.74, 6) is -0.0908. The first-order valence-electron chi connectivity index (χ1n) is 9.20. The fourth-order valence-corrected chi connectivity index (χ4v) is 2.89. The van der Waals surface area contributed by atoms with Crippen molar-refractivity contribution in [3.63, 3.8) is 0 Å². The lowest BCUT2D eigenvalue weighted by atomic mass is 10.1. The molecule has 142 valence electrons. The quantitative estimate of drug-likeness (QED) is 0.755. The van der Waals surface area contributed by atoms with E-state index in [0.717, 1.165) is 34.7 Å². The van der Waals surface area contributed by atoms with Gasteiger partial charge in [0, 0.05) is 42.9 Å². The summed E-state index contributed by atoms with van der Waals surface area (Å²) < 4.78 is 1.83. The lowest BCUT2D eigenvalue weighted by molar-refractivity contribution is -0.122. The van der Waals surface area contributed by atoms with Crippen LogP contribution < -0.4 is 10.6 Å². The van der Waals surface area contributed by atoms with Crippen LogP contribution in [0, 0.1) is 20.8 Å². The van der Waals surface area contributed by atoms with E-state index in [1.807, 2.05) is 45.2 Å². The van der Waals surface area contributed by atoms with Crippen LogP contribution in [0.5, 0.6) is 0 Å². The number of hydrogen-bond donors (Lipinski definition) is 2. The van der Waals surface area contributed by atoms with Gasteiger partial charge in [0.1, 0.15) is 0 Å². The number of aryl methyl sites for hydroxylation is 3. The van der Waals surface area contributed by atoms with Crippen LogP contribution in [0.4, 0.5) is 0 Å². The molecule has 26 heavy (non-hydrogen) atoms. The van der Waals surface area contributed by atoms with Crippen LogP contribution in [0.2, 0.25) is 0 Å². The van der Waals surface area contributed by atoms with Crippen molar-refractivity contribution in [2.45, 2.75) is 66.3 Å². The third-order valence-electron chi connectivity index (χ3n) is 4.58. The van der Waals surface area contributed by atoms with Crippen molar-refractivity contribution in [3.05, 3.63) is 28.7 Å². The minimum absolute atomic E-state index is 0.0324. The van der Waals surface area contributed by atoms with Gasteiger partial charge in [0.2, 0.25) is 11.8 Å². The molecular weight excluding hydrogens is 330 g/mol. The number of fused-ring (bicyclic) bond motifs is 1. The van der Waals surface area contributed by atoms with Crippen LogP contribution in [0.3, 0.4) is 0 Å². The molecule has 0 unspecified atom stereocenters. The van der Waals surface area contributed by atoms with Crippen LogP contribution in [0.25, 0.3) is 5.65 Å². The van der Waals surface area contributed by atoms with Crippen LogP contribution in [-0.2, 0) is 16.0 Å². The summed E-state index contributed by atoms with van der Waals surface area (Å²) in [6.45, 7) is 10.2. The Morgan fingerprint density at radius 2 is 1.92 bits per heavy atom. The molecule has 7 nitrogen and oxygen atoms in total. The smallest absolute Gasteiger partial charge is 0.221 e. The monoisotopic (exact) mass is 359 g/mol. The Kier molecular flexibility index (Phi) is 6.71. The number of hydrogen-bond acceptors (Lipinski definition) is 4. The zero-order valence-electron chi connectivity index (χ0n) is 16.3. The minimum Gasteiger partial charge on any atom is -0.356 e. The number of rotatable bonds is 8. The van der Waals surface area contributed by atoms with E-state index in [2.05, 4.69) is 20.7 Å². The molecule has 0 saturated carbocycles. The van der Waals surface area contributed by atoms with Gasteiger partial charge < -0.3 is 10.6 Å². The molecule has 7 heteroatoms. The molecule has 2 aromatic heterocycles.